The van der Waals surface area contributed by atoms with Gasteiger partial charge in [0.25, 0.3) is 0 Å². The summed E-state index contributed by atoms with van der Waals surface area (Å²) >= 11 is 0. The van der Waals surface area contributed by atoms with Crippen molar-refractivity contribution in [1.29, 1.82) is 0 Å². The van der Waals surface area contributed by atoms with Crippen molar-refractivity contribution >= 4 is 11.7 Å². The van der Waals surface area contributed by atoms with Gasteiger partial charge in [0, 0.05) is 11.3 Å². The number of carbonyl (C=O) groups excluding carboxylic acids is 1. The predicted molar refractivity (Wildman–Crippen MR) is 50.5 cm³/mol. The van der Waals surface area contributed by atoms with E-state index in [0.717, 1.165) is 5.56 Å². The van der Waals surface area contributed by atoms with Gasteiger partial charge in [0.15, 0.2) is 6.10 Å². The Morgan fingerprint density at radius 1 is 1.36 bits per heavy atom. The average molecular weight is 193 g/mol. The highest BCUT2D eigenvalue weighted by Gasteiger charge is 2.23. The van der Waals surface area contributed by atoms with E-state index in [1.807, 2.05) is 18.2 Å². The van der Waals surface area contributed by atoms with Crippen molar-refractivity contribution in [3.8, 4) is 0 Å². The summed E-state index contributed by atoms with van der Waals surface area (Å²) in [6, 6.07) is 7.30. The van der Waals surface area contributed by atoms with Crippen LogP contribution in [0.5, 0.6) is 0 Å². The summed E-state index contributed by atoms with van der Waals surface area (Å²) in [6.07, 6.45) is -0.363. The summed E-state index contributed by atoms with van der Waals surface area (Å²) in [5.41, 5.74) is 7.18. The van der Waals surface area contributed by atoms with Crippen LogP contribution >= 0.6 is 0 Å². The Hall–Kier alpha value is -1.55. The molecular formula is C10H11NO3. The number of hydrogen-bond acceptors (Lipinski definition) is 4. The second-order valence-electron chi connectivity index (χ2n) is 3.12. The second kappa shape index (κ2) is 3.67. The first-order valence-electron chi connectivity index (χ1n) is 4.39. The molecule has 0 aromatic heterocycles. The summed E-state index contributed by atoms with van der Waals surface area (Å²) in [5, 5.41) is 0. The van der Waals surface area contributed by atoms with Gasteiger partial charge in [-0.2, -0.15) is 0 Å². The third kappa shape index (κ3) is 1.70. The highest BCUT2D eigenvalue weighted by atomic mass is 16.6. The molecule has 4 heteroatoms. The van der Waals surface area contributed by atoms with Crippen LogP contribution in [0.4, 0.5) is 5.69 Å². The van der Waals surface area contributed by atoms with E-state index in [1.54, 1.807) is 6.07 Å². The van der Waals surface area contributed by atoms with Crippen LogP contribution in [-0.4, -0.2) is 19.2 Å². The van der Waals surface area contributed by atoms with Crippen molar-refractivity contribution in [2.24, 2.45) is 0 Å². The predicted octanol–water partition coefficient (Wildman–Crippen LogP) is 0.883. The van der Waals surface area contributed by atoms with E-state index < -0.39 is 0 Å². The zero-order chi connectivity index (χ0) is 9.97. The van der Waals surface area contributed by atoms with Crippen LogP contribution in [0.2, 0.25) is 0 Å². The number of ether oxygens (including phenoxy) is 2. The lowest BCUT2D eigenvalue weighted by atomic mass is 10.1. The Kier molecular flexibility index (Phi) is 2.37. The Morgan fingerprint density at radius 2 is 2.14 bits per heavy atom. The van der Waals surface area contributed by atoms with E-state index >= 15 is 0 Å². The molecule has 4 nitrogen and oxygen atoms in total. The van der Waals surface area contributed by atoms with Crippen LogP contribution in [0.1, 0.15) is 11.7 Å². The average Bonchev–Trinajstić information content (AvgIpc) is 2.18. The monoisotopic (exact) mass is 193 g/mol. The van der Waals surface area contributed by atoms with Crippen LogP contribution in [-0.2, 0) is 14.3 Å². The van der Waals surface area contributed by atoms with Crippen molar-refractivity contribution in [3.63, 3.8) is 0 Å². The number of esters is 1. The van der Waals surface area contributed by atoms with Gasteiger partial charge in [-0.1, -0.05) is 18.2 Å². The Morgan fingerprint density at radius 3 is 2.86 bits per heavy atom. The lowest BCUT2D eigenvalue weighted by Crippen LogP contribution is -2.27. The standard InChI is InChI=1S/C10H11NO3/c11-8-4-2-1-3-7(8)9-5-13-6-10(12)14-9/h1-4,9H,5-6,11H2. The molecule has 0 radical (unpaired) electrons. The third-order valence-electron chi connectivity index (χ3n) is 2.11. The lowest BCUT2D eigenvalue weighted by molar-refractivity contribution is -0.170. The van der Waals surface area contributed by atoms with Crippen molar-refractivity contribution < 1.29 is 14.3 Å². The van der Waals surface area contributed by atoms with Gasteiger partial charge in [-0.15, -0.1) is 0 Å². The molecule has 1 unspecified atom stereocenters. The fraction of sp³-hybridized carbons (Fsp3) is 0.300. The number of rotatable bonds is 1. The first-order chi connectivity index (χ1) is 6.77. The van der Waals surface area contributed by atoms with E-state index in [1.165, 1.54) is 0 Å². The van der Waals surface area contributed by atoms with Gasteiger partial charge in [0.2, 0.25) is 0 Å². The fourth-order valence-corrected chi connectivity index (χ4v) is 1.43. The minimum atomic E-state index is -0.363. The first kappa shape index (κ1) is 9.02. The molecule has 2 rings (SSSR count). The zero-order valence-electron chi connectivity index (χ0n) is 7.60. The molecule has 1 heterocycles. The minimum absolute atomic E-state index is 0.0310. The molecule has 1 aliphatic heterocycles. The molecule has 0 aliphatic carbocycles. The molecular weight excluding hydrogens is 182 g/mol. The minimum Gasteiger partial charge on any atom is -0.453 e. The maximum Gasteiger partial charge on any atom is 0.332 e. The van der Waals surface area contributed by atoms with E-state index in [0.29, 0.717) is 12.3 Å². The molecule has 1 fully saturated rings. The van der Waals surface area contributed by atoms with Gasteiger partial charge >= 0.3 is 5.97 Å². The van der Waals surface area contributed by atoms with Crippen LogP contribution in [0.3, 0.4) is 0 Å². The summed E-state index contributed by atoms with van der Waals surface area (Å²) in [7, 11) is 0. The maximum atomic E-state index is 11.0. The van der Waals surface area contributed by atoms with Crippen molar-refractivity contribution in [2.45, 2.75) is 6.10 Å². The molecule has 1 aliphatic rings. The van der Waals surface area contributed by atoms with Gasteiger partial charge in [0.1, 0.15) is 6.61 Å². The van der Waals surface area contributed by atoms with Crippen molar-refractivity contribution in [1.82, 2.24) is 0 Å². The fourth-order valence-electron chi connectivity index (χ4n) is 1.43. The van der Waals surface area contributed by atoms with Gasteiger partial charge in [0.05, 0.1) is 6.61 Å². The number of cyclic esters (lactones) is 1. The number of carbonyl (C=O) groups is 1. The molecule has 0 amide bonds. The molecule has 2 N–H and O–H groups in total. The quantitative estimate of drug-likeness (QED) is 0.531. The molecule has 1 saturated heterocycles. The molecule has 0 bridgehead atoms. The van der Waals surface area contributed by atoms with Crippen LogP contribution in [0.15, 0.2) is 24.3 Å². The van der Waals surface area contributed by atoms with Crippen LogP contribution in [0, 0.1) is 0 Å². The molecule has 0 saturated carbocycles. The van der Waals surface area contributed by atoms with Crippen LogP contribution < -0.4 is 5.73 Å². The maximum absolute atomic E-state index is 11.0. The number of benzene rings is 1. The van der Waals surface area contributed by atoms with Gasteiger partial charge in [-0.05, 0) is 6.07 Å². The SMILES string of the molecule is Nc1ccccc1C1COCC(=O)O1. The van der Waals surface area contributed by atoms with E-state index in [-0.39, 0.29) is 18.7 Å². The molecule has 1 aromatic carbocycles. The normalized spacial score (nSPS) is 21.7. The first-order valence-corrected chi connectivity index (χ1v) is 4.39. The number of anilines is 1. The molecule has 1 atom stereocenters. The van der Waals surface area contributed by atoms with Crippen LogP contribution in [0.25, 0.3) is 0 Å². The number of para-hydroxylation sites is 1. The number of hydrogen-bond donors (Lipinski definition) is 1. The van der Waals surface area contributed by atoms with E-state index in [2.05, 4.69) is 0 Å². The molecule has 0 spiro atoms. The van der Waals surface area contributed by atoms with E-state index in [4.69, 9.17) is 15.2 Å². The Balaban J connectivity index is 2.22. The topological polar surface area (TPSA) is 61.5 Å². The smallest absolute Gasteiger partial charge is 0.332 e. The largest absolute Gasteiger partial charge is 0.453 e. The van der Waals surface area contributed by atoms with E-state index in [9.17, 15) is 4.79 Å². The summed E-state index contributed by atoms with van der Waals surface area (Å²) in [5.74, 6) is -0.343. The third-order valence-corrected chi connectivity index (χ3v) is 2.11. The highest BCUT2D eigenvalue weighted by Crippen LogP contribution is 2.25. The summed E-state index contributed by atoms with van der Waals surface area (Å²) in [4.78, 5) is 11.0. The highest BCUT2D eigenvalue weighted by molar-refractivity contribution is 5.72. The lowest BCUT2D eigenvalue weighted by Gasteiger charge is -2.23. The number of nitrogens with two attached hydrogens (primary N) is 1. The van der Waals surface area contributed by atoms with Gasteiger partial charge in [-0.3, -0.25) is 0 Å². The van der Waals surface area contributed by atoms with Gasteiger partial charge in [-0.25, -0.2) is 4.79 Å². The second-order valence-corrected chi connectivity index (χ2v) is 3.12. The molecule has 74 valence electrons. The summed E-state index contributed by atoms with van der Waals surface area (Å²) < 4.78 is 10.2. The Labute approximate surface area is 81.6 Å². The Bertz CT molecular complexity index is 351. The summed E-state index contributed by atoms with van der Waals surface area (Å²) in [6.45, 7) is 0.406. The van der Waals surface area contributed by atoms with Gasteiger partial charge < -0.3 is 15.2 Å². The number of nitrogen functional groups attached to an aromatic ring is 1. The van der Waals surface area contributed by atoms with Crippen molar-refractivity contribution in [2.75, 3.05) is 18.9 Å². The van der Waals surface area contributed by atoms with Crippen molar-refractivity contribution in [3.05, 3.63) is 29.8 Å². The molecule has 14 heavy (non-hydrogen) atoms. The zero-order valence-corrected chi connectivity index (χ0v) is 7.60. The molecule has 1 aromatic rings.